The van der Waals surface area contributed by atoms with E-state index in [1.54, 1.807) is 0 Å². The summed E-state index contributed by atoms with van der Waals surface area (Å²) < 4.78 is 0. The second kappa shape index (κ2) is 6.93. The quantitative estimate of drug-likeness (QED) is 0.703. The smallest absolute Gasteiger partial charge is 0.234 e. The van der Waals surface area contributed by atoms with Crippen LogP contribution in [0.5, 0.6) is 0 Å². The highest BCUT2D eigenvalue weighted by molar-refractivity contribution is 5.78. The first kappa shape index (κ1) is 13.6. The van der Waals surface area contributed by atoms with Gasteiger partial charge in [0, 0.05) is 19.1 Å². The van der Waals surface area contributed by atoms with Gasteiger partial charge in [0.2, 0.25) is 5.91 Å². The fraction of sp³-hybridized carbons (Fsp3) is 0.800. The van der Waals surface area contributed by atoms with Gasteiger partial charge in [0.15, 0.2) is 0 Å². The highest BCUT2D eigenvalue weighted by Crippen LogP contribution is 2.24. The summed E-state index contributed by atoms with van der Waals surface area (Å²) in [6.07, 6.45) is 11.0. The van der Waals surface area contributed by atoms with E-state index in [0.29, 0.717) is 12.6 Å². The highest BCUT2D eigenvalue weighted by atomic mass is 16.2. The van der Waals surface area contributed by atoms with Gasteiger partial charge in [0.05, 0.1) is 6.54 Å². The predicted molar refractivity (Wildman–Crippen MR) is 74.4 cm³/mol. The van der Waals surface area contributed by atoms with E-state index < -0.39 is 0 Å². The van der Waals surface area contributed by atoms with Crippen LogP contribution >= 0.6 is 0 Å². The summed E-state index contributed by atoms with van der Waals surface area (Å²) in [5.74, 6) is 0.975. The molecule has 0 aromatic rings. The van der Waals surface area contributed by atoms with Crippen molar-refractivity contribution in [3.05, 3.63) is 12.7 Å². The van der Waals surface area contributed by atoms with Crippen LogP contribution in [-0.4, -0.2) is 36.5 Å². The Kier molecular flexibility index (Phi) is 5.24. The number of hydrogen-bond donors (Lipinski definition) is 1. The number of rotatable bonds is 7. The van der Waals surface area contributed by atoms with Gasteiger partial charge in [-0.2, -0.15) is 0 Å². The van der Waals surface area contributed by atoms with Crippen LogP contribution in [0.25, 0.3) is 0 Å². The summed E-state index contributed by atoms with van der Waals surface area (Å²) in [7, 11) is 0. The second-order valence-corrected chi connectivity index (χ2v) is 5.83. The molecule has 0 saturated heterocycles. The molecule has 18 heavy (non-hydrogen) atoms. The van der Waals surface area contributed by atoms with Crippen LogP contribution in [0.1, 0.15) is 44.9 Å². The van der Waals surface area contributed by atoms with E-state index in [9.17, 15) is 4.79 Å². The molecular weight excluding hydrogens is 224 g/mol. The summed E-state index contributed by atoms with van der Waals surface area (Å²) >= 11 is 0. The molecule has 0 aromatic carbocycles. The zero-order valence-electron chi connectivity index (χ0n) is 11.4. The van der Waals surface area contributed by atoms with Crippen LogP contribution in [0, 0.1) is 5.92 Å². The standard InChI is InChI=1S/C15H26N2O/c1-2-10-17(11-13-6-4-3-5-7-13)12-15(18)16-14-8-9-14/h2,13-14H,1,3-12H2,(H,16,18). The lowest BCUT2D eigenvalue weighted by Gasteiger charge is -2.28. The summed E-state index contributed by atoms with van der Waals surface area (Å²) in [6, 6.07) is 0.470. The van der Waals surface area contributed by atoms with Gasteiger partial charge in [-0.3, -0.25) is 9.69 Å². The molecule has 0 atom stereocenters. The highest BCUT2D eigenvalue weighted by Gasteiger charge is 2.24. The van der Waals surface area contributed by atoms with E-state index in [4.69, 9.17) is 0 Å². The molecule has 2 rings (SSSR count). The number of carbonyl (C=O) groups excluding carboxylic acids is 1. The minimum absolute atomic E-state index is 0.190. The molecule has 2 fully saturated rings. The Balaban J connectivity index is 1.74. The molecule has 1 amide bonds. The van der Waals surface area contributed by atoms with E-state index in [1.807, 2.05) is 6.08 Å². The first-order valence-corrected chi connectivity index (χ1v) is 7.40. The molecule has 0 unspecified atom stereocenters. The Morgan fingerprint density at radius 3 is 2.56 bits per heavy atom. The molecule has 1 N–H and O–H groups in total. The molecule has 0 bridgehead atoms. The van der Waals surface area contributed by atoms with Gasteiger partial charge in [-0.25, -0.2) is 0 Å². The van der Waals surface area contributed by atoms with Gasteiger partial charge in [0.1, 0.15) is 0 Å². The van der Waals surface area contributed by atoms with Crippen molar-refractivity contribution in [3.8, 4) is 0 Å². The molecule has 102 valence electrons. The largest absolute Gasteiger partial charge is 0.352 e. The van der Waals surface area contributed by atoms with Crippen molar-refractivity contribution < 1.29 is 4.79 Å². The monoisotopic (exact) mass is 250 g/mol. The van der Waals surface area contributed by atoms with Gasteiger partial charge in [-0.15, -0.1) is 6.58 Å². The zero-order valence-corrected chi connectivity index (χ0v) is 11.4. The van der Waals surface area contributed by atoms with Crippen molar-refractivity contribution in [3.63, 3.8) is 0 Å². The van der Waals surface area contributed by atoms with Gasteiger partial charge in [-0.05, 0) is 31.6 Å². The topological polar surface area (TPSA) is 32.3 Å². The lowest BCUT2D eigenvalue weighted by molar-refractivity contribution is -0.122. The van der Waals surface area contributed by atoms with E-state index in [2.05, 4.69) is 16.8 Å². The average molecular weight is 250 g/mol. The van der Waals surface area contributed by atoms with E-state index in [-0.39, 0.29) is 5.91 Å². The van der Waals surface area contributed by atoms with Crippen LogP contribution in [0.15, 0.2) is 12.7 Å². The average Bonchev–Trinajstić information content (AvgIpc) is 3.14. The molecule has 3 heteroatoms. The lowest BCUT2D eigenvalue weighted by Crippen LogP contribution is -2.40. The van der Waals surface area contributed by atoms with E-state index >= 15 is 0 Å². The van der Waals surface area contributed by atoms with Crippen molar-refractivity contribution >= 4 is 5.91 Å². The Bertz CT molecular complexity index is 280. The second-order valence-electron chi connectivity index (χ2n) is 5.83. The van der Waals surface area contributed by atoms with Gasteiger partial charge in [0.25, 0.3) is 0 Å². The maximum absolute atomic E-state index is 11.8. The maximum Gasteiger partial charge on any atom is 0.234 e. The summed E-state index contributed by atoms with van der Waals surface area (Å²) in [5.41, 5.74) is 0. The van der Waals surface area contributed by atoms with Crippen LogP contribution in [0.4, 0.5) is 0 Å². The van der Waals surface area contributed by atoms with E-state index in [1.165, 1.54) is 32.1 Å². The first-order chi connectivity index (χ1) is 8.78. The van der Waals surface area contributed by atoms with Gasteiger partial charge >= 0.3 is 0 Å². The molecule has 0 aromatic heterocycles. The van der Waals surface area contributed by atoms with Crippen molar-refractivity contribution in [2.45, 2.75) is 51.0 Å². The Hall–Kier alpha value is -0.830. The SMILES string of the molecule is C=CCN(CC(=O)NC1CC1)CC1CCCCC1. The molecule has 2 aliphatic rings. The summed E-state index contributed by atoms with van der Waals surface area (Å²) in [6.45, 7) is 6.23. The van der Waals surface area contributed by atoms with Crippen LogP contribution in [0.3, 0.4) is 0 Å². The van der Waals surface area contributed by atoms with Gasteiger partial charge in [-0.1, -0.05) is 25.3 Å². The summed E-state index contributed by atoms with van der Waals surface area (Å²) in [4.78, 5) is 14.1. The number of nitrogens with zero attached hydrogens (tertiary/aromatic N) is 1. The van der Waals surface area contributed by atoms with Crippen molar-refractivity contribution in [1.82, 2.24) is 10.2 Å². The first-order valence-electron chi connectivity index (χ1n) is 7.40. The molecule has 3 nitrogen and oxygen atoms in total. The Morgan fingerprint density at radius 1 is 1.22 bits per heavy atom. The third-order valence-electron chi connectivity index (χ3n) is 3.94. The minimum Gasteiger partial charge on any atom is -0.352 e. The zero-order chi connectivity index (χ0) is 12.8. The minimum atomic E-state index is 0.190. The fourth-order valence-corrected chi connectivity index (χ4v) is 2.83. The number of hydrogen-bond acceptors (Lipinski definition) is 2. The van der Waals surface area contributed by atoms with Crippen molar-refractivity contribution in [2.75, 3.05) is 19.6 Å². The molecule has 0 spiro atoms. The molecular formula is C15H26N2O. The van der Waals surface area contributed by atoms with Gasteiger partial charge < -0.3 is 5.32 Å². The van der Waals surface area contributed by atoms with Crippen LogP contribution in [-0.2, 0) is 4.79 Å². The molecule has 2 aliphatic carbocycles. The van der Waals surface area contributed by atoms with E-state index in [0.717, 1.165) is 31.8 Å². The predicted octanol–water partition coefficient (Wildman–Crippen LogP) is 2.33. The number of carbonyl (C=O) groups is 1. The molecule has 0 heterocycles. The Labute approximate surface area is 111 Å². The third-order valence-corrected chi connectivity index (χ3v) is 3.94. The normalized spacial score (nSPS) is 20.9. The molecule has 0 aliphatic heterocycles. The van der Waals surface area contributed by atoms with Crippen molar-refractivity contribution in [1.29, 1.82) is 0 Å². The third kappa shape index (κ3) is 4.81. The van der Waals surface area contributed by atoms with Crippen LogP contribution < -0.4 is 5.32 Å². The van der Waals surface area contributed by atoms with Crippen LogP contribution in [0.2, 0.25) is 0 Å². The number of nitrogens with one attached hydrogen (secondary N) is 1. The lowest BCUT2D eigenvalue weighted by atomic mass is 9.89. The maximum atomic E-state index is 11.8. The van der Waals surface area contributed by atoms with Crippen molar-refractivity contribution in [2.24, 2.45) is 5.92 Å². The summed E-state index contributed by atoms with van der Waals surface area (Å²) in [5, 5.41) is 3.07. The number of amides is 1. The molecule has 2 saturated carbocycles. The Morgan fingerprint density at radius 2 is 1.94 bits per heavy atom. The molecule has 0 radical (unpaired) electrons. The fourth-order valence-electron chi connectivity index (χ4n) is 2.83.